The van der Waals surface area contributed by atoms with Crippen LogP contribution in [0.4, 0.5) is 5.69 Å². The third-order valence-electron chi connectivity index (χ3n) is 3.86. The summed E-state index contributed by atoms with van der Waals surface area (Å²) in [6, 6.07) is 11.5. The van der Waals surface area contributed by atoms with Crippen molar-refractivity contribution in [3.63, 3.8) is 0 Å². The van der Waals surface area contributed by atoms with Crippen LogP contribution in [0.1, 0.15) is 0 Å². The van der Waals surface area contributed by atoms with E-state index < -0.39 is 15.9 Å². The van der Waals surface area contributed by atoms with Gasteiger partial charge in [-0.15, -0.1) is 0 Å². The summed E-state index contributed by atoms with van der Waals surface area (Å²) < 4.78 is 40.9. The highest BCUT2D eigenvalue weighted by molar-refractivity contribution is 7.92. The average Bonchev–Trinajstić information content (AvgIpc) is 2.69. The quantitative estimate of drug-likeness (QED) is 0.567. The fourth-order valence-corrected chi connectivity index (χ4v) is 3.53. The summed E-state index contributed by atoms with van der Waals surface area (Å²) >= 11 is 6.07. The number of anilines is 1. The Morgan fingerprint density at radius 2 is 1.72 bits per heavy atom. The molecule has 2 aromatic rings. The molecule has 8 nitrogen and oxygen atoms in total. The first-order valence-corrected chi connectivity index (χ1v) is 10.8. The Bertz CT molecular complexity index is 934. The van der Waals surface area contributed by atoms with Crippen molar-refractivity contribution in [1.82, 2.24) is 5.32 Å². The summed E-state index contributed by atoms with van der Waals surface area (Å²) in [6.07, 6.45) is 1.02. The van der Waals surface area contributed by atoms with Gasteiger partial charge in [-0.1, -0.05) is 11.6 Å². The summed E-state index contributed by atoms with van der Waals surface area (Å²) in [7, 11) is -0.670. The number of ether oxygens (including phenoxy) is 3. The molecule has 0 aliphatic rings. The fourth-order valence-electron chi connectivity index (χ4n) is 2.43. The number of benzene rings is 2. The number of nitrogens with zero attached hydrogens (tertiary/aromatic N) is 1. The maximum absolute atomic E-state index is 12.2. The molecule has 0 saturated heterocycles. The molecule has 0 atom stereocenters. The lowest BCUT2D eigenvalue weighted by atomic mass is 10.3. The Balaban J connectivity index is 1.92. The lowest BCUT2D eigenvalue weighted by Gasteiger charge is -2.22. The summed E-state index contributed by atoms with van der Waals surface area (Å²) in [6.45, 7) is 0.0567. The zero-order valence-electron chi connectivity index (χ0n) is 16.3. The first-order chi connectivity index (χ1) is 13.7. The first kappa shape index (κ1) is 22.6. The van der Waals surface area contributed by atoms with E-state index in [0.717, 1.165) is 10.6 Å². The van der Waals surface area contributed by atoms with E-state index in [9.17, 15) is 13.2 Å². The topological polar surface area (TPSA) is 94.2 Å². The number of carbonyl (C=O) groups is 1. The Kier molecular flexibility index (Phi) is 7.98. The number of amides is 1. The molecule has 10 heteroatoms. The number of sulfonamides is 1. The van der Waals surface area contributed by atoms with Gasteiger partial charge in [0.1, 0.15) is 30.4 Å². The highest BCUT2D eigenvalue weighted by Crippen LogP contribution is 2.30. The molecular weight excluding hydrogens is 420 g/mol. The molecule has 0 spiro atoms. The van der Waals surface area contributed by atoms with Crippen molar-refractivity contribution in [3.05, 3.63) is 47.5 Å². The lowest BCUT2D eigenvalue weighted by Crippen LogP contribution is -2.41. The second kappa shape index (κ2) is 10.2. The van der Waals surface area contributed by atoms with E-state index in [1.54, 1.807) is 31.4 Å². The highest BCUT2D eigenvalue weighted by Gasteiger charge is 2.21. The number of hydrogen-bond donors (Lipinski definition) is 1. The Labute approximate surface area is 175 Å². The van der Waals surface area contributed by atoms with Gasteiger partial charge < -0.3 is 19.5 Å². The second-order valence-electron chi connectivity index (χ2n) is 5.96. The SMILES string of the molecule is COc1ccc(OCCNC(=O)CN(c2ccc(OC)c(Cl)c2)S(C)(=O)=O)cc1. The van der Waals surface area contributed by atoms with E-state index in [1.165, 1.54) is 25.3 Å². The third-order valence-corrected chi connectivity index (χ3v) is 5.30. The highest BCUT2D eigenvalue weighted by atomic mass is 35.5. The molecule has 0 bridgehead atoms. The van der Waals surface area contributed by atoms with Crippen molar-refractivity contribution in [2.75, 3.05) is 44.5 Å². The van der Waals surface area contributed by atoms with Gasteiger partial charge in [0.25, 0.3) is 0 Å². The van der Waals surface area contributed by atoms with Gasteiger partial charge in [-0.3, -0.25) is 9.10 Å². The van der Waals surface area contributed by atoms with Crippen LogP contribution >= 0.6 is 11.6 Å². The monoisotopic (exact) mass is 442 g/mol. The van der Waals surface area contributed by atoms with E-state index in [-0.39, 0.29) is 30.4 Å². The summed E-state index contributed by atoms with van der Waals surface area (Å²) in [4.78, 5) is 12.2. The normalized spacial score (nSPS) is 10.9. The first-order valence-electron chi connectivity index (χ1n) is 8.59. The zero-order valence-corrected chi connectivity index (χ0v) is 17.9. The van der Waals surface area contributed by atoms with E-state index in [2.05, 4.69) is 5.32 Å². The molecule has 158 valence electrons. The maximum atomic E-state index is 12.2. The van der Waals surface area contributed by atoms with Crippen molar-refractivity contribution < 1.29 is 27.4 Å². The number of nitrogens with one attached hydrogen (secondary N) is 1. The molecule has 0 aliphatic heterocycles. The molecule has 2 aromatic carbocycles. The molecule has 0 heterocycles. The van der Waals surface area contributed by atoms with Crippen LogP contribution in [0, 0.1) is 0 Å². The number of halogens is 1. The van der Waals surface area contributed by atoms with Crippen molar-refractivity contribution in [1.29, 1.82) is 0 Å². The van der Waals surface area contributed by atoms with E-state index in [1.807, 2.05) is 0 Å². The number of carbonyl (C=O) groups excluding carboxylic acids is 1. The van der Waals surface area contributed by atoms with Gasteiger partial charge >= 0.3 is 0 Å². The van der Waals surface area contributed by atoms with Crippen molar-refractivity contribution >= 4 is 33.2 Å². The summed E-state index contributed by atoms with van der Waals surface area (Å²) in [5.74, 6) is 1.28. The van der Waals surface area contributed by atoms with Crippen LogP contribution in [0.25, 0.3) is 0 Å². The van der Waals surface area contributed by atoms with Gasteiger partial charge in [-0.05, 0) is 42.5 Å². The Morgan fingerprint density at radius 1 is 1.07 bits per heavy atom. The second-order valence-corrected chi connectivity index (χ2v) is 8.28. The zero-order chi connectivity index (χ0) is 21.4. The van der Waals surface area contributed by atoms with Crippen molar-refractivity contribution in [2.45, 2.75) is 0 Å². The number of rotatable bonds is 10. The van der Waals surface area contributed by atoms with Gasteiger partial charge in [0.15, 0.2) is 0 Å². The van der Waals surface area contributed by atoms with Crippen LogP contribution in [-0.2, 0) is 14.8 Å². The van der Waals surface area contributed by atoms with Crippen LogP contribution in [0.2, 0.25) is 5.02 Å². The minimum Gasteiger partial charge on any atom is -0.497 e. The van der Waals surface area contributed by atoms with Gasteiger partial charge in [0.05, 0.1) is 37.7 Å². The smallest absolute Gasteiger partial charge is 0.240 e. The molecule has 0 saturated carbocycles. The molecule has 1 amide bonds. The predicted molar refractivity (Wildman–Crippen MR) is 112 cm³/mol. The van der Waals surface area contributed by atoms with Crippen LogP contribution in [0.5, 0.6) is 17.2 Å². The Hall–Kier alpha value is -2.65. The largest absolute Gasteiger partial charge is 0.497 e. The minimum atomic E-state index is -3.70. The molecule has 1 N–H and O–H groups in total. The lowest BCUT2D eigenvalue weighted by molar-refractivity contribution is -0.119. The Morgan fingerprint density at radius 3 is 2.28 bits per heavy atom. The predicted octanol–water partition coefficient (Wildman–Crippen LogP) is 2.32. The fraction of sp³-hybridized carbons (Fsp3) is 0.316. The van der Waals surface area contributed by atoms with Crippen LogP contribution in [0.3, 0.4) is 0 Å². The molecular formula is C19H23ClN2O6S. The standard InChI is InChI=1S/C19H23ClN2O6S/c1-26-15-5-7-16(8-6-15)28-11-10-21-19(23)13-22(29(3,24)25)14-4-9-18(27-2)17(20)12-14/h4-9,12H,10-11,13H2,1-3H3,(H,21,23). The minimum absolute atomic E-state index is 0.214. The molecule has 0 fully saturated rings. The third kappa shape index (κ3) is 6.72. The maximum Gasteiger partial charge on any atom is 0.240 e. The average molecular weight is 443 g/mol. The van der Waals surface area contributed by atoms with Crippen molar-refractivity contribution in [2.24, 2.45) is 0 Å². The summed E-state index contributed by atoms with van der Waals surface area (Å²) in [5, 5.41) is 2.88. The van der Waals surface area contributed by atoms with E-state index in [0.29, 0.717) is 17.2 Å². The van der Waals surface area contributed by atoms with Crippen LogP contribution in [0.15, 0.2) is 42.5 Å². The molecule has 2 rings (SSSR count). The van der Waals surface area contributed by atoms with Crippen LogP contribution < -0.4 is 23.8 Å². The van der Waals surface area contributed by atoms with Gasteiger partial charge in [0.2, 0.25) is 15.9 Å². The summed E-state index contributed by atoms with van der Waals surface area (Å²) in [5.41, 5.74) is 0.267. The van der Waals surface area contributed by atoms with E-state index >= 15 is 0 Å². The molecule has 0 aliphatic carbocycles. The molecule has 29 heavy (non-hydrogen) atoms. The molecule has 0 radical (unpaired) electrons. The molecule has 0 aromatic heterocycles. The number of hydrogen-bond acceptors (Lipinski definition) is 6. The van der Waals surface area contributed by atoms with Gasteiger partial charge in [-0.2, -0.15) is 0 Å². The van der Waals surface area contributed by atoms with Gasteiger partial charge in [0, 0.05) is 0 Å². The van der Waals surface area contributed by atoms with Crippen LogP contribution in [-0.4, -0.2) is 54.5 Å². The van der Waals surface area contributed by atoms with E-state index in [4.69, 9.17) is 25.8 Å². The van der Waals surface area contributed by atoms with Gasteiger partial charge in [-0.25, -0.2) is 8.42 Å². The van der Waals surface area contributed by atoms with Crippen molar-refractivity contribution in [3.8, 4) is 17.2 Å². The number of methoxy groups -OCH3 is 2. The molecule has 0 unspecified atom stereocenters.